The normalized spacial score (nSPS) is 22.7. The fourth-order valence-corrected chi connectivity index (χ4v) is 4.22. The highest BCUT2D eigenvalue weighted by molar-refractivity contribution is 5.93. The first-order chi connectivity index (χ1) is 13.9. The zero-order chi connectivity index (χ0) is 20.5. The van der Waals surface area contributed by atoms with Crippen molar-refractivity contribution in [1.82, 2.24) is 20.2 Å². The fraction of sp³-hybridized carbons (Fsp3) is 0.429. The maximum atomic E-state index is 12.6. The average Bonchev–Trinajstić information content (AvgIpc) is 3.02. The van der Waals surface area contributed by atoms with Crippen LogP contribution in [0.2, 0.25) is 0 Å². The second-order valence-electron chi connectivity index (χ2n) is 7.78. The lowest BCUT2D eigenvalue weighted by Gasteiger charge is -2.18. The van der Waals surface area contributed by atoms with Crippen molar-refractivity contribution in [2.24, 2.45) is 17.8 Å². The quantitative estimate of drug-likeness (QED) is 0.721. The van der Waals surface area contributed by atoms with E-state index in [4.69, 9.17) is 10.2 Å². The van der Waals surface area contributed by atoms with Gasteiger partial charge < -0.3 is 20.4 Å². The molecule has 8 heteroatoms. The van der Waals surface area contributed by atoms with E-state index < -0.39 is 0 Å². The van der Waals surface area contributed by atoms with E-state index in [9.17, 15) is 9.59 Å². The van der Waals surface area contributed by atoms with E-state index in [0.29, 0.717) is 47.5 Å². The van der Waals surface area contributed by atoms with Gasteiger partial charge in [-0.15, -0.1) is 0 Å². The van der Waals surface area contributed by atoms with Crippen molar-refractivity contribution in [3.8, 4) is 0 Å². The van der Waals surface area contributed by atoms with Crippen LogP contribution in [0.4, 0.5) is 5.82 Å². The summed E-state index contributed by atoms with van der Waals surface area (Å²) in [7, 11) is 0. The number of carbonyl (C=O) groups excluding carboxylic acids is 2. The van der Waals surface area contributed by atoms with Crippen LogP contribution >= 0.6 is 0 Å². The zero-order valence-electron chi connectivity index (χ0n) is 16.6. The molecule has 4 rings (SSSR count). The molecule has 29 heavy (non-hydrogen) atoms. The van der Waals surface area contributed by atoms with Crippen LogP contribution in [0.25, 0.3) is 6.08 Å². The molecule has 0 spiro atoms. The third-order valence-corrected chi connectivity index (χ3v) is 5.77. The minimum Gasteiger partial charge on any atom is -0.436 e. The van der Waals surface area contributed by atoms with Crippen LogP contribution < -0.4 is 11.1 Å². The fourth-order valence-electron chi connectivity index (χ4n) is 4.22. The highest BCUT2D eigenvalue weighted by Gasteiger charge is 2.56. The Morgan fingerprint density at radius 3 is 2.69 bits per heavy atom. The standard InChI is InChI=1S/C21H25N5O3/c1-12-20(29-13(2)25-12)21(28)26-10-16-15(17(16)11-26)7-8-23-19(27)6-4-14-3-5-18(22)24-9-14/h3-6,9,15-17H,7-8,10-11H2,1-2H3,(H2,22,24)(H,23,27)/b6-4+/t15-,16-,17+. The van der Waals surface area contributed by atoms with Crippen LogP contribution in [0, 0.1) is 31.6 Å². The monoisotopic (exact) mass is 395 g/mol. The predicted octanol–water partition coefficient (Wildman–Crippen LogP) is 1.81. The van der Waals surface area contributed by atoms with Gasteiger partial charge in [-0.3, -0.25) is 9.59 Å². The summed E-state index contributed by atoms with van der Waals surface area (Å²) in [5.41, 5.74) is 7.01. The number of oxazole rings is 1. The molecule has 3 N–H and O–H groups in total. The first-order valence-electron chi connectivity index (χ1n) is 9.83. The summed E-state index contributed by atoms with van der Waals surface area (Å²) in [4.78, 5) is 34.6. The molecule has 8 nitrogen and oxygen atoms in total. The number of piperidine rings is 1. The molecule has 2 amide bonds. The van der Waals surface area contributed by atoms with Gasteiger partial charge in [0.15, 0.2) is 5.89 Å². The van der Waals surface area contributed by atoms with Crippen LogP contribution in [0.15, 0.2) is 28.8 Å². The minimum absolute atomic E-state index is 0.0651. The molecule has 2 aromatic heterocycles. The summed E-state index contributed by atoms with van der Waals surface area (Å²) in [6.07, 6.45) is 5.77. The van der Waals surface area contributed by atoms with Gasteiger partial charge in [-0.25, -0.2) is 9.97 Å². The maximum Gasteiger partial charge on any atom is 0.291 e. The number of pyridine rings is 1. The summed E-state index contributed by atoms with van der Waals surface area (Å²) < 4.78 is 5.45. The third-order valence-electron chi connectivity index (χ3n) is 5.77. The molecule has 2 aliphatic rings. The number of fused-ring (bicyclic) bond motifs is 1. The van der Waals surface area contributed by atoms with Crippen LogP contribution in [-0.2, 0) is 4.79 Å². The Balaban J connectivity index is 1.18. The summed E-state index contributed by atoms with van der Waals surface area (Å²) in [5.74, 6) is 2.76. The van der Waals surface area contributed by atoms with Crippen LogP contribution in [0.1, 0.15) is 34.1 Å². The van der Waals surface area contributed by atoms with E-state index >= 15 is 0 Å². The molecule has 152 valence electrons. The van der Waals surface area contributed by atoms with E-state index in [2.05, 4.69) is 15.3 Å². The molecule has 3 atom stereocenters. The highest BCUT2D eigenvalue weighted by Crippen LogP contribution is 2.53. The number of nitrogens with zero attached hydrogens (tertiary/aromatic N) is 3. The number of likely N-dealkylation sites (tertiary alicyclic amines) is 1. The molecular weight excluding hydrogens is 370 g/mol. The maximum absolute atomic E-state index is 12.6. The van der Waals surface area contributed by atoms with E-state index in [1.165, 1.54) is 6.08 Å². The van der Waals surface area contributed by atoms with Gasteiger partial charge in [0.25, 0.3) is 5.91 Å². The number of hydrogen-bond donors (Lipinski definition) is 2. The van der Waals surface area contributed by atoms with Crippen molar-refractivity contribution in [3.63, 3.8) is 0 Å². The van der Waals surface area contributed by atoms with Gasteiger partial charge in [0.05, 0.1) is 5.69 Å². The molecule has 0 bridgehead atoms. The van der Waals surface area contributed by atoms with E-state index in [0.717, 1.165) is 25.1 Å². The Morgan fingerprint density at radius 1 is 1.31 bits per heavy atom. The summed E-state index contributed by atoms with van der Waals surface area (Å²) in [6.45, 7) is 5.69. The van der Waals surface area contributed by atoms with E-state index in [1.54, 1.807) is 32.2 Å². The molecule has 2 aromatic rings. The Bertz CT molecular complexity index is 938. The number of aromatic nitrogens is 2. The first-order valence-corrected chi connectivity index (χ1v) is 9.83. The van der Waals surface area contributed by atoms with E-state index in [-0.39, 0.29) is 11.8 Å². The van der Waals surface area contributed by atoms with Crippen molar-refractivity contribution in [2.45, 2.75) is 20.3 Å². The molecule has 1 aliphatic heterocycles. The van der Waals surface area contributed by atoms with Crippen molar-refractivity contribution >= 4 is 23.7 Å². The Hall–Kier alpha value is -3.16. The van der Waals surface area contributed by atoms with Crippen LogP contribution in [0.5, 0.6) is 0 Å². The van der Waals surface area contributed by atoms with Gasteiger partial charge in [-0.2, -0.15) is 0 Å². The second-order valence-corrected chi connectivity index (χ2v) is 7.78. The highest BCUT2D eigenvalue weighted by atomic mass is 16.4. The van der Waals surface area contributed by atoms with Gasteiger partial charge >= 0.3 is 0 Å². The SMILES string of the molecule is Cc1nc(C)c(C(=O)N2C[C@@H]3[C@@H](CCNC(=O)/C=C/c4ccc(N)nc4)[C@@H]3C2)o1. The third kappa shape index (κ3) is 4.16. The second kappa shape index (κ2) is 7.69. The largest absolute Gasteiger partial charge is 0.436 e. The number of anilines is 1. The van der Waals surface area contributed by atoms with Gasteiger partial charge in [0.1, 0.15) is 5.82 Å². The Kier molecular flexibility index (Phi) is 5.08. The number of nitrogens with two attached hydrogens (primary N) is 1. The smallest absolute Gasteiger partial charge is 0.291 e. The molecule has 0 radical (unpaired) electrons. The van der Waals surface area contributed by atoms with Crippen LogP contribution in [0.3, 0.4) is 0 Å². The molecule has 2 fully saturated rings. The first kappa shape index (κ1) is 19.2. The number of nitrogens with one attached hydrogen (secondary N) is 1. The van der Waals surface area contributed by atoms with Crippen molar-refractivity contribution in [3.05, 3.63) is 47.3 Å². The van der Waals surface area contributed by atoms with Gasteiger partial charge in [-0.05, 0) is 54.9 Å². The average molecular weight is 395 g/mol. The minimum atomic E-state index is -0.124. The number of aryl methyl sites for hydroxylation is 2. The van der Waals surface area contributed by atoms with Gasteiger partial charge in [-0.1, -0.05) is 0 Å². The van der Waals surface area contributed by atoms with Crippen molar-refractivity contribution in [2.75, 3.05) is 25.4 Å². The molecular formula is C21H25N5O3. The van der Waals surface area contributed by atoms with Gasteiger partial charge in [0.2, 0.25) is 11.7 Å². The molecule has 3 heterocycles. The molecule has 0 aromatic carbocycles. The van der Waals surface area contributed by atoms with Crippen LogP contribution in [-0.4, -0.2) is 46.3 Å². The lowest BCUT2D eigenvalue weighted by Crippen LogP contribution is -2.32. The predicted molar refractivity (Wildman–Crippen MR) is 108 cm³/mol. The number of carbonyl (C=O) groups is 2. The molecule has 1 saturated carbocycles. The Morgan fingerprint density at radius 2 is 2.07 bits per heavy atom. The summed E-state index contributed by atoms with van der Waals surface area (Å²) in [6, 6.07) is 3.51. The number of amides is 2. The van der Waals surface area contributed by atoms with E-state index in [1.807, 2.05) is 11.0 Å². The molecule has 1 aliphatic carbocycles. The number of rotatable bonds is 6. The summed E-state index contributed by atoms with van der Waals surface area (Å²) in [5, 5.41) is 2.92. The van der Waals surface area contributed by atoms with Crippen molar-refractivity contribution in [1.29, 1.82) is 0 Å². The molecule has 1 saturated heterocycles. The zero-order valence-corrected chi connectivity index (χ0v) is 16.6. The Labute approximate surface area is 169 Å². The molecule has 0 unspecified atom stereocenters. The lowest BCUT2D eigenvalue weighted by molar-refractivity contribution is -0.116. The summed E-state index contributed by atoms with van der Waals surface area (Å²) >= 11 is 0. The topological polar surface area (TPSA) is 114 Å². The lowest BCUT2D eigenvalue weighted by atomic mass is 10.2. The number of hydrogen-bond acceptors (Lipinski definition) is 6. The van der Waals surface area contributed by atoms with Crippen molar-refractivity contribution < 1.29 is 14.0 Å². The van der Waals surface area contributed by atoms with Gasteiger partial charge in [0, 0.05) is 38.8 Å². The number of nitrogen functional groups attached to an aromatic ring is 1.